The number of methoxy groups -OCH3 is 1. The highest BCUT2D eigenvalue weighted by Crippen LogP contribution is 2.58. The number of thioether (sulfide) groups is 2. The van der Waals surface area contributed by atoms with Crippen LogP contribution in [0.3, 0.4) is 0 Å². The number of ketones is 1. The number of allylic oxidation sites excluding steroid dienone is 2. The number of hydrogen-bond acceptors (Lipinski definition) is 8. The van der Waals surface area contributed by atoms with E-state index in [2.05, 4.69) is 5.10 Å². The van der Waals surface area contributed by atoms with Crippen LogP contribution in [-0.4, -0.2) is 40.2 Å². The molecule has 0 aliphatic carbocycles. The average Bonchev–Trinajstić information content (AvgIpc) is 3.08. The van der Waals surface area contributed by atoms with Crippen LogP contribution in [0, 0.1) is 6.92 Å². The van der Waals surface area contributed by atoms with E-state index in [0.717, 1.165) is 16.9 Å². The van der Waals surface area contributed by atoms with Crippen molar-refractivity contribution in [3.8, 4) is 0 Å². The number of benzene rings is 1. The van der Waals surface area contributed by atoms with E-state index in [-0.39, 0.29) is 10.8 Å². The van der Waals surface area contributed by atoms with Gasteiger partial charge >= 0.3 is 5.97 Å². The molecule has 2 heterocycles. The minimum Gasteiger partial charge on any atom is -0.464 e. The molecule has 2 aliphatic heterocycles. The third-order valence-electron chi connectivity index (χ3n) is 4.10. The summed E-state index contributed by atoms with van der Waals surface area (Å²) in [6.45, 7) is 5.46. The van der Waals surface area contributed by atoms with Gasteiger partial charge in [-0.15, -0.1) is 0 Å². The Morgan fingerprint density at radius 3 is 2.52 bits per heavy atom. The SMILES string of the molecule is COC(=O)C1=NN(c2cccc(C)c2)C2(S1)SC(C(C)=O)=C(C)N2C. The molecule has 6 nitrogen and oxygen atoms in total. The monoisotopic (exact) mass is 377 g/mol. The van der Waals surface area contributed by atoms with Crippen LogP contribution >= 0.6 is 23.5 Å². The molecule has 1 aromatic rings. The van der Waals surface area contributed by atoms with Gasteiger partial charge in [0.05, 0.1) is 17.7 Å². The summed E-state index contributed by atoms with van der Waals surface area (Å²) in [6, 6.07) is 7.89. The van der Waals surface area contributed by atoms with E-state index in [1.54, 1.807) is 11.9 Å². The molecule has 1 unspecified atom stereocenters. The van der Waals surface area contributed by atoms with Crippen molar-refractivity contribution in [1.82, 2.24) is 4.90 Å². The van der Waals surface area contributed by atoms with Crippen molar-refractivity contribution in [1.29, 1.82) is 0 Å². The van der Waals surface area contributed by atoms with Crippen LogP contribution in [0.25, 0.3) is 0 Å². The maximum Gasteiger partial charge on any atom is 0.365 e. The second-order valence-corrected chi connectivity index (χ2v) is 8.43. The van der Waals surface area contributed by atoms with Crippen molar-refractivity contribution in [2.24, 2.45) is 5.10 Å². The second kappa shape index (κ2) is 6.42. The molecule has 0 bridgehead atoms. The predicted molar refractivity (Wildman–Crippen MR) is 102 cm³/mol. The van der Waals surface area contributed by atoms with Crippen molar-refractivity contribution in [2.45, 2.75) is 25.1 Å². The molecular formula is C17H19N3O3S2. The summed E-state index contributed by atoms with van der Waals surface area (Å²) in [7, 11) is 3.24. The number of hydrazone groups is 1. The molecule has 1 spiro atoms. The van der Waals surface area contributed by atoms with Gasteiger partial charge in [0, 0.05) is 12.7 Å². The first-order valence-corrected chi connectivity index (χ1v) is 9.31. The molecule has 1 atom stereocenters. The predicted octanol–water partition coefficient (Wildman–Crippen LogP) is 3.15. The highest BCUT2D eigenvalue weighted by atomic mass is 32.2. The quantitative estimate of drug-likeness (QED) is 0.750. The lowest BCUT2D eigenvalue weighted by molar-refractivity contribution is -0.132. The van der Waals surface area contributed by atoms with Crippen LogP contribution in [-0.2, 0) is 14.3 Å². The number of esters is 1. The van der Waals surface area contributed by atoms with Gasteiger partial charge in [-0.05, 0) is 50.2 Å². The third kappa shape index (κ3) is 2.83. The van der Waals surface area contributed by atoms with Crippen molar-refractivity contribution < 1.29 is 14.3 Å². The largest absolute Gasteiger partial charge is 0.464 e. The number of anilines is 1. The molecule has 0 amide bonds. The molecule has 0 fully saturated rings. The molecule has 1 aromatic carbocycles. The minimum atomic E-state index is -0.762. The normalized spacial score (nSPS) is 22.7. The van der Waals surface area contributed by atoms with E-state index in [1.807, 2.05) is 50.1 Å². The van der Waals surface area contributed by atoms with Crippen LogP contribution in [0.4, 0.5) is 5.69 Å². The zero-order valence-electron chi connectivity index (χ0n) is 14.7. The fourth-order valence-electron chi connectivity index (χ4n) is 2.73. The Kier molecular flexibility index (Phi) is 4.59. The molecule has 8 heteroatoms. The first-order chi connectivity index (χ1) is 11.8. The number of nitrogens with zero attached hydrogens (tertiary/aromatic N) is 3. The standard InChI is InChI=1S/C17H19N3O3S2/c1-10-7-6-8-13(9-10)20-17(25-15(18-20)16(22)23-5)19(4)11(2)14(24-17)12(3)21/h6-9H,1-5H3. The fourth-order valence-corrected chi connectivity index (χ4v) is 5.64. The van der Waals surface area contributed by atoms with Crippen molar-refractivity contribution in [3.63, 3.8) is 0 Å². The number of aryl methyl sites for hydroxylation is 1. The van der Waals surface area contributed by atoms with Crippen LogP contribution < -0.4 is 5.01 Å². The number of rotatable bonds is 3. The number of ether oxygens (including phenoxy) is 1. The molecule has 132 valence electrons. The number of carbonyl (C=O) groups excluding carboxylic acids is 2. The van der Waals surface area contributed by atoms with Crippen molar-refractivity contribution in [3.05, 3.63) is 40.4 Å². The molecule has 0 radical (unpaired) electrons. The highest BCUT2D eigenvalue weighted by molar-refractivity contribution is 8.28. The van der Waals surface area contributed by atoms with E-state index in [0.29, 0.717) is 4.91 Å². The lowest BCUT2D eigenvalue weighted by Gasteiger charge is -2.39. The van der Waals surface area contributed by atoms with E-state index in [9.17, 15) is 9.59 Å². The van der Waals surface area contributed by atoms with Gasteiger partial charge in [-0.1, -0.05) is 23.9 Å². The zero-order valence-corrected chi connectivity index (χ0v) is 16.3. The summed E-state index contributed by atoms with van der Waals surface area (Å²) >= 11 is 2.70. The van der Waals surface area contributed by atoms with Crippen molar-refractivity contribution in [2.75, 3.05) is 19.2 Å². The van der Waals surface area contributed by atoms with Crippen molar-refractivity contribution >= 4 is 46.0 Å². The second-order valence-electron chi connectivity index (χ2n) is 5.83. The van der Waals surface area contributed by atoms with E-state index in [4.69, 9.17) is 4.74 Å². The van der Waals surface area contributed by atoms with Gasteiger partial charge in [-0.3, -0.25) is 4.79 Å². The lowest BCUT2D eigenvalue weighted by Crippen LogP contribution is -2.47. The van der Waals surface area contributed by atoms with Crippen LogP contribution in [0.2, 0.25) is 0 Å². The molecule has 0 aromatic heterocycles. The Morgan fingerprint density at radius 1 is 1.24 bits per heavy atom. The fraction of sp³-hybridized carbons (Fsp3) is 0.353. The average molecular weight is 377 g/mol. The van der Waals surface area contributed by atoms with Crippen LogP contribution in [0.15, 0.2) is 40.0 Å². The first kappa shape index (κ1) is 17.9. The summed E-state index contributed by atoms with van der Waals surface area (Å²) < 4.78 is 4.09. The highest BCUT2D eigenvalue weighted by Gasteiger charge is 2.55. The van der Waals surface area contributed by atoms with Gasteiger partial charge in [0.1, 0.15) is 0 Å². The molecular weight excluding hydrogens is 358 g/mol. The van der Waals surface area contributed by atoms with E-state index >= 15 is 0 Å². The van der Waals surface area contributed by atoms with Gasteiger partial charge < -0.3 is 9.64 Å². The third-order valence-corrected chi connectivity index (χ3v) is 7.26. The lowest BCUT2D eigenvalue weighted by atomic mass is 10.2. The summed E-state index contributed by atoms with van der Waals surface area (Å²) in [4.78, 5) is 26.8. The van der Waals surface area contributed by atoms with E-state index < -0.39 is 10.3 Å². The molecule has 0 saturated heterocycles. The topological polar surface area (TPSA) is 62.2 Å². The van der Waals surface area contributed by atoms with Crippen LogP contribution in [0.1, 0.15) is 19.4 Å². The summed E-state index contributed by atoms with van der Waals surface area (Å²) in [5.41, 5.74) is 2.80. The Morgan fingerprint density at radius 2 is 1.96 bits per heavy atom. The van der Waals surface area contributed by atoms with Crippen LogP contribution in [0.5, 0.6) is 0 Å². The number of Topliss-reactive ketones (excluding diaryl/α,β-unsaturated/α-hetero) is 1. The molecule has 25 heavy (non-hydrogen) atoms. The Balaban J connectivity index is 2.10. The smallest absolute Gasteiger partial charge is 0.365 e. The van der Waals surface area contributed by atoms with Gasteiger partial charge in [0.25, 0.3) is 0 Å². The molecule has 2 aliphatic rings. The van der Waals surface area contributed by atoms with Gasteiger partial charge in [-0.2, -0.15) is 5.10 Å². The Hall–Kier alpha value is -1.93. The maximum atomic E-state index is 12.1. The van der Waals surface area contributed by atoms with Gasteiger partial charge in [0.15, 0.2) is 5.78 Å². The summed E-state index contributed by atoms with van der Waals surface area (Å²) in [6.07, 6.45) is 0. The zero-order chi connectivity index (χ0) is 18.4. The Labute approximate surface area is 155 Å². The number of hydrogen-bond donors (Lipinski definition) is 0. The van der Waals surface area contributed by atoms with Gasteiger partial charge in [-0.25, -0.2) is 9.80 Å². The van der Waals surface area contributed by atoms with Gasteiger partial charge in [0.2, 0.25) is 9.37 Å². The first-order valence-electron chi connectivity index (χ1n) is 7.67. The minimum absolute atomic E-state index is 0.00235. The summed E-state index contributed by atoms with van der Waals surface area (Å²) in [5, 5.41) is 6.58. The molecule has 0 N–H and O–H groups in total. The summed E-state index contributed by atoms with van der Waals surface area (Å²) in [5.74, 6) is -0.481. The molecule has 3 rings (SSSR count). The molecule has 0 saturated carbocycles. The van der Waals surface area contributed by atoms with E-state index in [1.165, 1.54) is 30.6 Å². The Bertz CT molecular complexity index is 821. The number of carbonyl (C=O) groups is 2. The maximum absolute atomic E-state index is 12.1.